The largest absolute Gasteiger partial charge is 1.00 e. The maximum atomic E-state index is 11.1. The number of thiophene rings is 1. The van der Waals surface area contributed by atoms with Gasteiger partial charge in [0.2, 0.25) is 5.69 Å². The molecule has 10 nitrogen and oxygen atoms in total. The first-order chi connectivity index (χ1) is 10.7. The number of carboxylic acids is 4. The molecule has 122 valence electrons. The molecule has 0 spiro atoms. The second-order valence-electron chi connectivity index (χ2n) is 4.11. The summed E-state index contributed by atoms with van der Waals surface area (Å²) in [5.74, 6) is -6.84. The number of carbonyl (C=O) groups excluding carboxylic acids is 4. The van der Waals surface area contributed by atoms with Gasteiger partial charge in [-0.25, -0.2) is 4.85 Å². The van der Waals surface area contributed by atoms with Crippen LogP contribution in [-0.2, 0) is 20.8 Å². The molecular weight excluding hydrogens is 360 g/mol. The fourth-order valence-corrected chi connectivity index (χ4v) is 2.85. The number of carboxylic acid groups (broad SMARTS) is 4. The van der Waals surface area contributed by atoms with Crippen LogP contribution in [0.25, 0.3) is 4.85 Å². The van der Waals surface area contributed by atoms with Gasteiger partial charge in [0.25, 0.3) is 0 Å². The number of nitrogens with zero attached hydrogens (tertiary/aromatic N) is 2. The third-order valence-electron chi connectivity index (χ3n) is 2.51. The molecule has 27 heavy (non-hydrogen) atoms. The second kappa shape index (κ2) is 15.2. The first kappa shape index (κ1) is 33.8. The SMILES string of the molecule is [C-]#[N+]c1c(N(CC(=O)[O-])CC(=O)[O-])sc(C(=O)[O-])c1CC(=O)[O-].[Li+].[Li+].[Li+].[Li+]. The molecule has 1 aromatic rings. The zero-order chi connectivity index (χ0) is 17.7. The Morgan fingerprint density at radius 2 is 1.33 bits per heavy atom. The molecule has 0 aromatic carbocycles. The van der Waals surface area contributed by atoms with E-state index < -0.39 is 59.5 Å². The van der Waals surface area contributed by atoms with Crippen molar-refractivity contribution in [3.05, 3.63) is 21.9 Å². The van der Waals surface area contributed by atoms with E-state index in [2.05, 4.69) is 4.85 Å². The van der Waals surface area contributed by atoms with Gasteiger partial charge in [-0.05, 0) is 5.56 Å². The summed E-state index contributed by atoms with van der Waals surface area (Å²) in [6.07, 6.45) is -0.929. The Morgan fingerprint density at radius 3 is 1.63 bits per heavy atom. The summed E-state index contributed by atoms with van der Waals surface area (Å²) >= 11 is 0.330. The molecule has 0 amide bonds. The second-order valence-corrected chi connectivity index (χ2v) is 5.11. The predicted octanol–water partition coefficient (Wildman–Crippen LogP) is -16.7. The van der Waals surface area contributed by atoms with Crippen molar-refractivity contribution >= 4 is 45.9 Å². The molecule has 0 saturated heterocycles. The van der Waals surface area contributed by atoms with Crippen molar-refractivity contribution in [3.63, 3.8) is 0 Å². The Hall–Kier alpha value is -0.740. The molecule has 0 N–H and O–H groups in total. The Bertz CT molecular complexity index is 718. The van der Waals surface area contributed by atoms with Gasteiger partial charge >= 0.3 is 75.4 Å². The number of aromatic carboxylic acids is 1. The van der Waals surface area contributed by atoms with Gasteiger partial charge in [-0.15, -0.1) is 11.3 Å². The molecule has 0 unspecified atom stereocenters. The minimum atomic E-state index is -1.79. The molecule has 1 aromatic heterocycles. The predicted molar refractivity (Wildman–Crippen MR) is 65.8 cm³/mol. The fraction of sp³-hybridized carbons (Fsp3) is 0.250. The maximum Gasteiger partial charge on any atom is 1.00 e. The molecule has 0 aliphatic heterocycles. The Kier molecular flexibility index (Phi) is 19.1. The van der Waals surface area contributed by atoms with Crippen LogP contribution in [0, 0.1) is 6.57 Å². The van der Waals surface area contributed by atoms with E-state index in [1.165, 1.54) is 0 Å². The van der Waals surface area contributed by atoms with Gasteiger partial charge < -0.3 is 44.5 Å². The van der Waals surface area contributed by atoms with Crippen molar-refractivity contribution in [3.8, 4) is 0 Å². The van der Waals surface area contributed by atoms with Gasteiger partial charge in [0, 0.05) is 17.3 Å². The van der Waals surface area contributed by atoms with Crippen molar-refractivity contribution < 1.29 is 115 Å². The summed E-state index contributed by atoms with van der Waals surface area (Å²) in [6, 6.07) is 0. The molecule has 1 heterocycles. The van der Waals surface area contributed by atoms with E-state index in [1.54, 1.807) is 0 Å². The van der Waals surface area contributed by atoms with Crippen molar-refractivity contribution in [2.75, 3.05) is 18.0 Å². The van der Waals surface area contributed by atoms with E-state index in [0.717, 1.165) is 0 Å². The zero-order valence-electron chi connectivity index (χ0n) is 15.2. The Balaban J connectivity index is -0.000000661. The van der Waals surface area contributed by atoms with E-state index in [1.807, 2.05) is 0 Å². The first-order valence-corrected chi connectivity index (χ1v) is 6.58. The number of hydrogen-bond donors (Lipinski definition) is 0. The van der Waals surface area contributed by atoms with Crippen LogP contribution in [0.1, 0.15) is 15.2 Å². The van der Waals surface area contributed by atoms with Gasteiger partial charge in [0.05, 0.1) is 42.6 Å². The topological polar surface area (TPSA) is 168 Å². The molecule has 1 rings (SSSR count). The van der Waals surface area contributed by atoms with Crippen LogP contribution < -0.4 is 101 Å². The molecule has 0 saturated carbocycles. The van der Waals surface area contributed by atoms with Crippen molar-refractivity contribution in [1.82, 2.24) is 0 Å². The van der Waals surface area contributed by atoms with Crippen LogP contribution in [0.2, 0.25) is 0 Å². The molecule has 0 aliphatic carbocycles. The summed E-state index contributed by atoms with van der Waals surface area (Å²) in [7, 11) is 0. The van der Waals surface area contributed by atoms with Crippen molar-refractivity contribution in [2.24, 2.45) is 0 Å². The summed E-state index contributed by atoms with van der Waals surface area (Å²) in [4.78, 5) is 46.1. The zero-order valence-corrected chi connectivity index (χ0v) is 16.0. The van der Waals surface area contributed by atoms with Crippen LogP contribution in [0.3, 0.4) is 0 Å². The van der Waals surface area contributed by atoms with Gasteiger partial charge in [-0.1, -0.05) is 0 Å². The third kappa shape index (κ3) is 9.84. The normalized spacial score (nSPS) is 8.41. The van der Waals surface area contributed by atoms with Crippen LogP contribution in [0.4, 0.5) is 10.7 Å². The molecule has 0 atom stereocenters. The molecule has 0 radical (unpaired) electrons. The van der Waals surface area contributed by atoms with Gasteiger partial charge in [-0.2, -0.15) is 0 Å². The van der Waals surface area contributed by atoms with Crippen molar-refractivity contribution in [1.29, 1.82) is 0 Å². The number of rotatable bonds is 8. The molecule has 0 fully saturated rings. The quantitative estimate of drug-likeness (QED) is 0.320. The molecular formula is C12H6Li4N2O8S. The third-order valence-corrected chi connectivity index (χ3v) is 3.77. The van der Waals surface area contributed by atoms with Gasteiger partial charge in [0.1, 0.15) is 0 Å². The summed E-state index contributed by atoms with van der Waals surface area (Å²) in [6.45, 7) is 5.11. The van der Waals surface area contributed by atoms with E-state index in [4.69, 9.17) is 6.57 Å². The molecule has 15 heteroatoms. The van der Waals surface area contributed by atoms with Crippen LogP contribution in [0.5, 0.6) is 0 Å². The Labute approximate surface area is 205 Å². The first-order valence-electron chi connectivity index (χ1n) is 5.76. The van der Waals surface area contributed by atoms with Crippen LogP contribution in [-0.4, -0.2) is 37.0 Å². The average Bonchev–Trinajstić information content (AvgIpc) is 2.74. The number of anilines is 1. The standard InChI is InChI=1S/C12H10N2O8S.4Li/c1-13-9-5(2-6(15)16)10(12(21)22)23-11(9)14(3-7(17)18)4-8(19)20;;;;/h2-4H2,(H,15,16)(H,17,18)(H,19,20)(H,21,22);;;;/q;4*+1/p-4. The van der Waals surface area contributed by atoms with Gasteiger partial charge in [0.15, 0.2) is 0 Å². The fourth-order valence-electron chi connectivity index (χ4n) is 1.76. The Morgan fingerprint density at radius 1 is 0.889 bits per heavy atom. The number of hydrogen-bond acceptors (Lipinski definition) is 10. The number of carbonyl (C=O) groups is 4. The minimum absolute atomic E-state index is 0. The average molecular weight is 366 g/mol. The molecule has 0 aliphatic rings. The summed E-state index contributed by atoms with van der Waals surface area (Å²) < 4.78 is 0. The van der Waals surface area contributed by atoms with Crippen LogP contribution in [0.15, 0.2) is 0 Å². The van der Waals surface area contributed by atoms with E-state index in [-0.39, 0.29) is 80.4 Å². The summed E-state index contributed by atoms with van der Waals surface area (Å²) in [5, 5.41) is 42.8. The van der Waals surface area contributed by atoms with Crippen molar-refractivity contribution in [2.45, 2.75) is 6.42 Å². The smallest absolute Gasteiger partial charge is 0.550 e. The van der Waals surface area contributed by atoms with E-state index in [0.29, 0.717) is 16.2 Å². The minimum Gasteiger partial charge on any atom is -0.550 e. The van der Waals surface area contributed by atoms with E-state index >= 15 is 0 Å². The van der Waals surface area contributed by atoms with E-state index in [9.17, 15) is 39.6 Å². The van der Waals surface area contributed by atoms with Gasteiger partial charge in [-0.3, -0.25) is 0 Å². The monoisotopic (exact) mass is 366 g/mol. The maximum absolute atomic E-state index is 11.1. The molecule has 0 bridgehead atoms. The number of aliphatic carboxylic acids is 3. The summed E-state index contributed by atoms with van der Waals surface area (Å²) in [5.41, 5.74) is -0.942. The van der Waals surface area contributed by atoms with Crippen LogP contribution >= 0.6 is 11.3 Å².